The molecule has 166 valence electrons. The van der Waals surface area contributed by atoms with E-state index in [0.717, 1.165) is 13.1 Å². The molecule has 0 aliphatic carbocycles. The summed E-state index contributed by atoms with van der Waals surface area (Å²) in [5.41, 5.74) is 4.32. The lowest BCUT2D eigenvalue weighted by Gasteiger charge is -2.36. The van der Waals surface area contributed by atoms with Crippen molar-refractivity contribution in [1.29, 1.82) is 5.26 Å². The molecule has 2 aromatic carbocycles. The Morgan fingerprint density at radius 2 is 1.81 bits per heavy atom. The summed E-state index contributed by atoms with van der Waals surface area (Å²) in [6.07, 6.45) is 1.60. The predicted octanol–water partition coefficient (Wildman–Crippen LogP) is 3.65. The number of aryl methyl sites for hydroxylation is 1. The molecule has 0 bridgehead atoms. The first-order valence-corrected chi connectivity index (χ1v) is 10.7. The van der Waals surface area contributed by atoms with E-state index in [1.54, 1.807) is 37.4 Å². The summed E-state index contributed by atoms with van der Waals surface area (Å²) >= 11 is 0. The molecular weight excluding hydrogens is 404 g/mol. The minimum Gasteiger partial charge on any atom is -0.462 e. The largest absolute Gasteiger partial charge is 0.462 e. The molecule has 0 radical (unpaired) electrons. The molecule has 1 heterocycles. The van der Waals surface area contributed by atoms with Gasteiger partial charge in [-0.2, -0.15) is 5.26 Å². The Balaban J connectivity index is 1.67. The lowest BCUT2D eigenvalue weighted by atomic mass is 10.1. The van der Waals surface area contributed by atoms with Crippen LogP contribution in [0.5, 0.6) is 0 Å². The minimum absolute atomic E-state index is 0.0103. The van der Waals surface area contributed by atoms with Gasteiger partial charge in [0.15, 0.2) is 0 Å². The molecule has 1 N–H and O–H groups in total. The summed E-state index contributed by atoms with van der Waals surface area (Å²) in [7, 11) is 0. The predicted molar refractivity (Wildman–Crippen MR) is 124 cm³/mol. The standard InChI is InChI=1S/C25H28N4O3/c1-4-32-25(31)21-9-5-6-10-22(21)27-24(30)20(16-26)17-28-12-14-29(15-13-28)23-11-7-8-18(2)19(23)3/h5-11,17H,4,12-15H2,1-3H3,(H,27,30)/b20-17-. The molecule has 7 nitrogen and oxygen atoms in total. The Kier molecular flexibility index (Phi) is 7.50. The molecule has 1 saturated heterocycles. The fourth-order valence-electron chi connectivity index (χ4n) is 3.66. The van der Waals surface area contributed by atoms with Gasteiger partial charge < -0.3 is 19.9 Å². The molecule has 2 aromatic rings. The highest BCUT2D eigenvalue weighted by Gasteiger charge is 2.20. The van der Waals surface area contributed by atoms with Gasteiger partial charge in [-0.15, -0.1) is 0 Å². The summed E-state index contributed by atoms with van der Waals surface area (Å²) in [5, 5.41) is 12.2. The lowest BCUT2D eigenvalue weighted by Crippen LogP contribution is -2.44. The minimum atomic E-state index is -0.554. The number of nitrogens with zero attached hydrogens (tertiary/aromatic N) is 3. The molecule has 1 aliphatic rings. The smallest absolute Gasteiger partial charge is 0.340 e. The fourth-order valence-corrected chi connectivity index (χ4v) is 3.66. The molecule has 1 aliphatic heterocycles. The van der Waals surface area contributed by atoms with Gasteiger partial charge in [0.2, 0.25) is 0 Å². The number of benzene rings is 2. The Hall–Kier alpha value is -3.79. The summed E-state index contributed by atoms with van der Waals surface area (Å²) in [5.74, 6) is -1.07. The zero-order valence-corrected chi connectivity index (χ0v) is 18.7. The topological polar surface area (TPSA) is 85.7 Å². The van der Waals surface area contributed by atoms with Crippen LogP contribution in [0.25, 0.3) is 0 Å². The molecule has 0 saturated carbocycles. The van der Waals surface area contributed by atoms with Gasteiger partial charge >= 0.3 is 5.97 Å². The summed E-state index contributed by atoms with van der Waals surface area (Å²) < 4.78 is 5.04. The molecule has 32 heavy (non-hydrogen) atoms. The van der Waals surface area contributed by atoms with Crippen LogP contribution < -0.4 is 10.2 Å². The van der Waals surface area contributed by atoms with Gasteiger partial charge in [-0.05, 0) is 50.1 Å². The Bertz CT molecular complexity index is 1060. The summed E-state index contributed by atoms with van der Waals surface area (Å²) in [6, 6.07) is 14.9. The van der Waals surface area contributed by atoms with Crippen molar-refractivity contribution in [2.24, 2.45) is 0 Å². The van der Waals surface area contributed by atoms with Crippen LogP contribution in [0.4, 0.5) is 11.4 Å². The van der Waals surface area contributed by atoms with Gasteiger partial charge in [0.25, 0.3) is 5.91 Å². The second-order valence-corrected chi connectivity index (χ2v) is 7.62. The third-order valence-corrected chi connectivity index (χ3v) is 5.58. The second kappa shape index (κ2) is 10.5. The first-order valence-electron chi connectivity index (χ1n) is 10.7. The SMILES string of the molecule is CCOC(=O)c1ccccc1NC(=O)/C(C#N)=C\N1CCN(c2cccc(C)c2C)CC1. The zero-order valence-electron chi connectivity index (χ0n) is 18.7. The van der Waals surface area contributed by atoms with Crippen molar-refractivity contribution in [3.05, 3.63) is 70.9 Å². The van der Waals surface area contributed by atoms with Crippen LogP contribution in [0.1, 0.15) is 28.4 Å². The van der Waals surface area contributed by atoms with E-state index in [4.69, 9.17) is 4.74 Å². The molecule has 1 amide bonds. The number of rotatable bonds is 6. The number of carbonyl (C=O) groups excluding carboxylic acids is 2. The average Bonchev–Trinajstić information content (AvgIpc) is 2.80. The maximum Gasteiger partial charge on any atom is 0.340 e. The summed E-state index contributed by atoms with van der Waals surface area (Å²) in [4.78, 5) is 29.2. The number of carbonyl (C=O) groups is 2. The highest BCUT2D eigenvalue weighted by Crippen LogP contribution is 2.24. The van der Waals surface area contributed by atoms with Crippen molar-refractivity contribution in [1.82, 2.24) is 4.90 Å². The number of nitrogens with one attached hydrogen (secondary N) is 1. The number of hydrogen-bond donors (Lipinski definition) is 1. The number of piperazine rings is 1. The van der Waals surface area contributed by atoms with Gasteiger partial charge in [-0.25, -0.2) is 4.79 Å². The van der Waals surface area contributed by atoms with Crippen molar-refractivity contribution in [3.8, 4) is 6.07 Å². The molecule has 0 spiro atoms. The third-order valence-electron chi connectivity index (χ3n) is 5.58. The summed E-state index contributed by atoms with van der Waals surface area (Å²) in [6.45, 7) is 9.18. The van der Waals surface area contributed by atoms with Gasteiger partial charge in [0.1, 0.15) is 11.6 Å². The molecule has 3 rings (SSSR count). The van der Waals surface area contributed by atoms with Crippen LogP contribution in [0.2, 0.25) is 0 Å². The Morgan fingerprint density at radius 3 is 2.50 bits per heavy atom. The van der Waals surface area contributed by atoms with Crippen LogP contribution in [-0.4, -0.2) is 49.6 Å². The maximum absolute atomic E-state index is 12.7. The molecular formula is C25H28N4O3. The molecule has 0 unspecified atom stereocenters. The van der Waals surface area contributed by atoms with E-state index in [1.165, 1.54) is 16.8 Å². The van der Waals surface area contributed by atoms with Crippen LogP contribution in [0.3, 0.4) is 0 Å². The number of esters is 1. The Morgan fingerprint density at radius 1 is 1.09 bits per heavy atom. The Labute approximate surface area is 188 Å². The van der Waals surface area contributed by atoms with Crippen LogP contribution in [0, 0.1) is 25.2 Å². The third kappa shape index (κ3) is 5.27. The first kappa shape index (κ1) is 22.9. The highest BCUT2D eigenvalue weighted by atomic mass is 16.5. The van der Waals surface area contributed by atoms with E-state index in [2.05, 4.69) is 42.3 Å². The zero-order chi connectivity index (χ0) is 23.1. The van der Waals surface area contributed by atoms with Crippen LogP contribution in [0.15, 0.2) is 54.2 Å². The van der Waals surface area contributed by atoms with Crippen molar-refractivity contribution in [3.63, 3.8) is 0 Å². The normalized spacial score (nSPS) is 14.0. The second-order valence-electron chi connectivity index (χ2n) is 7.62. The molecule has 0 aromatic heterocycles. The van der Waals surface area contributed by atoms with Gasteiger partial charge in [0.05, 0.1) is 17.9 Å². The van der Waals surface area contributed by atoms with E-state index in [1.807, 2.05) is 11.0 Å². The number of nitriles is 1. The highest BCUT2D eigenvalue weighted by molar-refractivity contribution is 6.09. The van der Waals surface area contributed by atoms with E-state index in [9.17, 15) is 14.9 Å². The number of ether oxygens (including phenoxy) is 1. The van der Waals surface area contributed by atoms with Crippen molar-refractivity contribution in [2.75, 3.05) is 43.0 Å². The van der Waals surface area contributed by atoms with E-state index >= 15 is 0 Å². The van der Waals surface area contributed by atoms with Crippen LogP contribution in [-0.2, 0) is 9.53 Å². The van der Waals surface area contributed by atoms with Crippen molar-refractivity contribution < 1.29 is 14.3 Å². The van der Waals surface area contributed by atoms with Crippen molar-refractivity contribution >= 4 is 23.3 Å². The molecule has 1 fully saturated rings. The average molecular weight is 433 g/mol. The number of hydrogen-bond acceptors (Lipinski definition) is 6. The van der Waals surface area contributed by atoms with Crippen LogP contribution >= 0.6 is 0 Å². The van der Waals surface area contributed by atoms with E-state index < -0.39 is 11.9 Å². The number of amides is 1. The van der Waals surface area contributed by atoms with Crippen molar-refractivity contribution in [2.45, 2.75) is 20.8 Å². The van der Waals surface area contributed by atoms with E-state index in [-0.39, 0.29) is 17.7 Å². The first-order chi connectivity index (χ1) is 15.4. The van der Waals surface area contributed by atoms with Gasteiger partial charge in [-0.3, -0.25) is 4.79 Å². The molecule has 0 atom stereocenters. The number of anilines is 2. The molecule has 7 heteroatoms. The monoisotopic (exact) mass is 432 g/mol. The number of para-hydroxylation sites is 1. The van der Waals surface area contributed by atoms with Gasteiger partial charge in [-0.1, -0.05) is 24.3 Å². The quantitative estimate of drug-likeness (QED) is 0.426. The maximum atomic E-state index is 12.7. The van der Waals surface area contributed by atoms with Gasteiger partial charge in [0, 0.05) is 38.1 Å². The van der Waals surface area contributed by atoms with E-state index in [0.29, 0.717) is 18.8 Å². The fraction of sp³-hybridized carbons (Fsp3) is 0.320. The lowest BCUT2D eigenvalue weighted by molar-refractivity contribution is -0.112.